The topological polar surface area (TPSA) is 32.3 Å². The molecule has 20 heavy (non-hydrogen) atoms. The zero-order valence-corrected chi connectivity index (χ0v) is 11.6. The van der Waals surface area contributed by atoms with Crippen molar-refractivity contribution >= 4 is 5.91 Å². The third kappa shape index (κ3) is 3.37. The van der Waals surface area contributed by atoms with E-state index < -0.39 is 0 Å². The SMILES string of the molecule is O=C(Cc1cccc(F)c1)N(CC1CCCN1)C1CC1. The number of rotatable bonds is 5. The van der Waals surface area contributed by atoms with E-state index in [9.17, 15) is 9.18 Å². The van der Waals surface area contributed by atoms with Gasteiger partial charge >= 0.3 is 0 Å². The van der Waals surface area contributed by atoms with Crippen molar-refractivity contribution in [1.82, 2.24) is 10.2 Å². The third-order valence-electron chi connectivity index (χ3n) is 4.13. The van der Waals surface area contributed by atoms with Crippen molar-refractivity contribution in [3.05, 3.63) is 35.6 Å². The average Bonchev–Trinajstić information content (AvgIpc) is 3.12. The van der Waals surface area contributed by atoms with E-state index in [1.807, 2.05) is 11.0 Å². The van der Waals surface area contributed by atoms with Crippen molar-refractivity contribution in [3.8, 4) is 0 Å². The fraction of sp³-hybridized carbons (Fsp3) is 0.562. The summed E-state index contributed by atoms with van der Waals surface area (Å²) in [5.41, 5.74) is 0.764. The Morgan fingerprint density at radius 2 is 2.20 bits per heavy atom. The fourth-order valence-electron chi connectivity index (χ4n) is 2.91. The lowest BCUT2D eigenvalue weighted by Gasteiger charge is -2.26. The van der Waals surface area contributed by atoms with E-state index in [4.69, 9.17) is 0 Å². The van der Waals surface area contributed by atoms with Crippen LogP contribution in [0, 0.1) is 5.82 Å². The molecule has 0 spiro atoms. The summed E-state index contributed by atoms with van der Waals surface area (Å²) in [5, 5.41) is 3.44. The molecule has 1 amide bonds. The molecule has 1 heterocycles. The highest BCUT2D eigenvalue weighted by Gasteiger charge is 2.34. The van der Waals surface area contributed by atoms with Crippen LogP contribution in [0.4, 0.5) is 4.39 Å². The van der Waals surface area contributed by atoms with E-state index in [1.54, 1.807) is 6.07 Å². The summed E-state index contributed by atoms with van der Waals surface area (Å²) in [6.45, 7) is 1.86. The molecule has 1 aromatic rings. The molecule has 2 fully saturated rings. The van der Waals surface area contributed by atoms with Gasteiger partial charge in [0.05, 0.1) is 6.42 Å². The van der Waals surface area contributed by atoms with Gasteiger partial charge in [0.1, 0.15) is 5.82 Å². The van der Waals surface area contributed by atoms with Gasteiger partial charge in [-0.2, -0.15) is 0 Å². The smallest absolute Gasteiger partial charge is 0.227 e. The van der Waals surface area contributed by atoms with Gasteiger partial charge in [-0.1, -0.05) is 12.1 Å². The summed E-state index contributed by atoms with van der Waals surface area (Å²) in [4.78, 5) is 14.5. The van der Waals surface area contributed by atoms with E-state index in [2.05, 4.69) is 5.32 Å². The largest absolute Gasteiger partial charge is 0.338 e. The number of nitrogens with one attached hydrogen (secondary N) is 1. The zero-order chi connectivity index (χ0) is 13.9. The van der Waals surface area contributed by atoms with E-state index in [0.29, 0.717) is 18.5 Å². The van der Waals surface area contributed by atoms with Crippen LogP contribution in [0.2, 0.25) is 0 Å². The normalized spacial score (nSPS) is 21.9. The van der Waals surface area contributed by atoms with Gasteiger partial charge < -0.3 is 10.2 Å². The summed E-state index contributed by atoms with van der Waals surface area (Å²) < 4.78 is 13.2. The van der Waals surface area contributed by atoms with Crippen molar-refractivity contribution in [2.24, 2.45) is 0 Å². The van der Waals surface area contributed by atoms with Crippen LogP contribution in [0.5, 0.6) is 0 Å². The molecule has 1 saturated carbocycles. The molecule has 1 saturated heterocycles. The first-order chi connectivity index (χ1) is 9.72. The Bertz CT molecular complexity index is 481. The maximum Gasteiger partial charge on any atom is 0.227 e. The second-order valence-corrected chi connectivity index (χ2v) is 5.88. The molecule has 1 N–H and O–H groups in total. The summed E-state index contributed by atoms with van der Waals surface area (Å²) in [6.07, 6.45) is 4.88. The molecular formula is C16H21FN2O. The number of hydrogen-bond donors (Lipinski definition) is 1. The minimum atomic E-state index is -0.272. The fourth-order valence-corrected chi connectivity index (χ4v) is 2.91. The van der Waals surface area contributed by atoms with Crippen LogP contribution in [0.25, 0.3) is 0 Å². The predicted octanol–water partition coefficient (Wildman–Crippen LogP) is 2.11. The summed E-state index contributed by atoms with van der Waals surface area (Å²) in [7, 11) is 0. The second kappa shape index (κ2) is 5.92. The molecule has 108 valence electrons. The first-order valence-electron chi connectivity index (χ1n) is 7.49. The van der Waals surface area contributed by atoms with Crippen molar-refractivity contribution in [2.45, 2.75) is 44.2 Å². The van der Waals surface area contributed by atoms with Crippen LogP contribution >= 0.6 is 0 Å². The predicted molar refractivity (Wildman–Crippen MR) is 75.9 cm³/mol. The van der Waals surface area contributed by atoms with E-state index in [-0.39, 0.29) is 11.7 Å². The van der Waals surface area contributed by atoms with Gasteiger partial charge in [-0.15, -0.1) is 0 Å². The van der Waals surface area contributed by atoms with Crippen LogP contribution in [0.3, 0.4) is 0 Å². The van der Waals surface area contributed by atoms with Crippen molar-refractivity contribution < 1.29 is 9.18 Å². The monoisotopic (exact) mass is 276 g/mol. The number of carbonyl (C=O) groups is 1. The summed E-state index contributed by atoms with van der Waals surface area (Å²) >= 11 is 0. The van der Waals surface area contributed by atoms with E-state index in [1.165, 1.54) is 18.6 Å². The van der Waals surface area contributed by atoms with Gasteiger partial charge in [-0.3, -0.25) is 4.79 Å². The minimum absolute atomic E-state index is 0.131. The zero-order valence-electron chi connectivity index (χ0n) is 11.6. The molecule has 0 bridgehead atoms. The molecule has 1 atom stereocenters. The Morgan fingerprint density at radius 3 is 2.85 bits per heavy atom. The lowest BCUT2D eigenvalue weighted by molar-refractivity contribution is -0.131. The Kier molecular flexibility index (Phi) is 4.01. The van der Waals surface area contributed by atoms with Gasteiger partial charge in [0.15, 0.2) is 0 Å². The van der Waals surface area contributed by atoms with Crippen molar-refractivity contribution in [2.75, 3.05) is 13.1 Å². The highest BCUT2D eigenvalue weighted by molar-refractivity contribution is 5.79. The lowest BCUT2D eigenvalue weighted by Crippen LogP contribution is -2.43. The minimum Gasteiger partial charge on any atom is -0.338 e. The van der Waals surface area contributed by atoms with Gasteiger partial charge in [-0.25, -0.2) is 4.39 Å². The molecule has 4 heteroatoms. The highest BCUT2D eigenvalue weighted by atomic mass is 19.1. The summed E-state index contributed by atoms with van der Waals surface area (Å²) in [5.74, 6) is -0.141. The van der Waals surface area contributed by atoms with Gasteiger partial charge in [-0.05, 0) is 49.9 Å². The Balaban J connectivity index is 1.63. The van der Waals surface area contributed by atoms with E-state index >= 15 is 0 Å². The first kappa shape index (κ1) is 13.6. The van der Waals surface area contributed by atoms with Gasteiger partial charge in [0, 0.05) is 18.6 Å². The number of halogens is 1. The molecule has 1 aliphatic heterocycles. The molecule has 2 aliphatic rings. The molecule has 3 nitrogen and oxygen atoms in total. The number of nitrogens with zero attached hydrogens (tertiary/aromatic N) is 1. The van der Waals surface area contributed by atoms with E-state index in [0.717, 1.165) is 37.9 Å². The average molecular weight is 276 g/mol. The van der Waals surface area contributed by atoms with Gasteiger partial charge in [0.2, 0.25) is 5.91 Å². The number of amides is 1. The van der Waals surface area contributed by atoms with Crippen LogP contribution in [-0.2, 0) is 11.2 Å². The van der Waals surface area contributed by atoms with Crippen molar-refractivity contribution in [3.63, 3.8) is 0 Å². The molecule has 0 radical (unpaired) electrons. The Labute approximate surface area is 119 Å². The van der Waals surface area contributed by atoms with Crippen molar-refractivity contribution in [1.29, 1.82) is 0 Å². The van der Waals surface area contributed by atoms with Crippen LogP contribution in [-0.4, -0.2) is 36.0 Å². The molecule has 1 unspecified atom stereocenters. The Morgan fingerprint density at radius 1 is 1.35 bits per heavy atom. The third-order valence-corrected chi connectivity index (χ3v) is 4.13. The molecule has 3 rings (SSSR count). The quantitative estimate of drug-likeness (QED) is 0.893. The van der Waals surface area contributed by atoms with Gasteiger partial charge in [0.25, 0.3) is 0 Å². The molecule has 0 aromatic heterocycles. The highest BCUT2D eigenvalue weighted by Crippen LogP contribution is 2.28. The Hall–Kier alpha value is -1.42. The standard InChI is InChI=1S/C16H21FN2O/c17-13-4-1-3-12(9-13)10-16(20)19(15-6-7-15)11-14-5-2-8-18-14/h1,3-4,9,14-15,18H,2,5-8,10-11H2. The second-order valence-electron chi connectivity index (χ2n) is 5.88. The number of benzene rings is 1. The molecule has 1 aliphatic carbocycles. The summed E-state index contributed by atoms with van der Waals surface area (Å²) in [6, 6.07) is 7.20. The lowest BCUT2D eigenvalue weighted by atomic mass is 10.1. The number of hydrogen-bond acceptors (Lipinski definition) is 2. The first-order valence-corrected chi connectivity index (χ1v) is 7.49. The molecular weight excluding hydrogens is 255 g/mol. The van der Waals surface area contributed by atoms with Crippen LogP contribution in [0.15, 0.2) is 24.3 Å². The van der Waals surface area contributed by atoms with Crippen LogP contribution < -0.4 is 5.32 Å². The number of carbonyl (C=O) groups excluding carboxylic acids is 1. The maximum absolute atomic E-state index is 13.2. The van der Waals surface area contributed by atoms with Crippen LogP contribution in [0.1, 0.15) is 31.2 Å². The maximum atomic E-state index is 13.2. The molecule has 1 aromatic carbocycles.